The van der Waals surface area contributed by atoms with Crippen LogP contribution in [0.1, 0.15) is 18.9 Å². The van der Waals surface area contributed by atoms with Gasteiger partial charge < -0.3 is 5.32 Å². The number of rotatable bonds is 5. The predicted octanol–water partition coefficient (Wildman–Crippen LogP) is 5.48. The van der Waals surface area contributed by atoms with E-state index in [9.17, 15) is 27.2 Å². The van der Waals surface area contributed by atoms with Crippen LogP contribution in [0.2, 0.25) is 5.02 Å². The molecule has 0 radical (unpaired) electrons. The maximum atomic E-state index is 13.7. The summed E-state index contributed by atoms with van der Waals surface area (Å²) in [5.74, 6) is -1.58. The first-order chi connectivity index (χ1) is 14.6. The molecule has 1 saturated heterocycles. The van der Waals surface area contributed by atoms with Crippen molar-refractivity contribution < 1.29 is 27.2 Å². The van der Waals surface area contributed by atoms with E-state index in [0.29, 0.717) is 0 Å². The summed E-state index contributed by atoms with van der Waals surface area (Å²) < 4.78 is 53.0. The number of carbonyl (C=O) groups is 2. The van der Waals surface area contributed by atoms with Gasteiger partial charge >= 0.3 is 6.18 Å². The van der Waals surface area contributed by atoms with Crippen LogP contribution in [0.25, 0.3) is 0 Å². The lowest BCUT2D eigenvalue weighted by Crippen LogP contribution is -2.33. The maximum absolute atomic E-state index is 13.7. The second-order valence-corrected chi connectivity index (χ2v) is 8.05. The van der Waals surface area contributed by atoms with E-state index in [0.717, 1.165) is 23.9 Å². The Kier molecular flexibility index (Phi) is 6.90. The molecule has 1 aliphatic heterocycles. The molecule has 11 heteroatoms. The number of aliphatic imine (C=N–C) groups is 1. The number of nitrogens with one attached hydrogen (secondary N) is 1. The van der Waals surface area contributed by atoms with Gasteiger partial charge in [-0.25, -0.2) is 9.38 Å². The molecule has 1 heterocycles. The molecular weight excluding hydrogens is 458 g/mol. The smallest absolute Gasteiger partial charge is 0.324 e. The molecule has 1 fully saturated rings. The van der Waals surface area contributed by atoms with Gasteiger partial charge in [-0.15, -0.1) is 0 Å². The van der Waals surface area contributed by atoms with Gasteiger partial charge in [0.1, 0.15) is 11.1 Å². The average molecular weight is 474 g/mol. The third-order valence-corrected chi connectivity index (χ3v) is 5.84. The van der Waals surface area contributed by atoms with Gasteiger partial charge in [-0.05, 0) is 37.3 Å². The van der Waals surface area contributed by atoms with Crippen LogP contribution in [-0.2, 0) is 15.8 Å². The number of hydrogen-bond acceptors (Lipinski definition) is 4. The van der Waals surface area contributed by atoms with Gasteiger partial charge in [0, 0.05) is 13.0 Å². The molecule has 5 nitrogen and oxygen atoms in total. The average Bonchev–Trinajstić information content (AvgIpc) is 2.98. The fourth-order valence-electron chi connectivity index (χ4n) is 2.86. The van der Waals surface area contributed by atoms with E-state index in [4.69, 9.17) is 11.6 Å². The van der Waals surface area contributed by atoms with Crippen molar-refractivity contribution in [3.63, 3.8) is 0 Å². The first-order valence-corrected chi connectivity index (χ1v) is 10.3. The third kappa shape index (κ3) is 5.37. The zero-order chi connectivity index (χ0) is 22.8. The van der Waals surface area contributed by atoms with Crippen molar-refractivity contribution in [2.24, 2.45) is 4.99 Å². The Labute approximate surface area is 184 Å². The van der Waals surface area contributed by atoms with Crippen LogP contribution in [0, 0.1) is 5.82 Å². The number of nitrogens with zero attached hydrogens (tertiary/aromatic N) is 2. The summed E-state index contributed by atoms with van der Waals surface area (Å²) in [6.45, 7) is 1.90. The summed E-state index contributed by atoms with van der Waals surface area (Å²) >= 11 is 6.59. The van der Waals surface area contributed by atoms with Crippen molar-refractivity contribution in [3.8, 4) is 0 Å². The van der Waals surface area contributed by atoms with Crippen LogP contribution in [0.3, 0.4) is 0 Å². The topological polar surface area (TPSA) is 61.8 Å². The quantitative estimate of drug-likeness (QED) is 0.585. The molecule has 0 spiro atoms. The first-order valence-electron chi connectivity index (χ1n) is 9.08. The summed E-state index contributed by atoms with van der Waals surface area (Å²) in [6.07, 6.45) is -4.90. The van der Waals surface area contributed by atoms with E-state index in [-0.39, 0.29) is 29.5 Å². The van der Waals surface area contributed by atoms with Crippen LogP contribution in [0.15, 0.2) is 47.5 Å². The van der Waals surface area contributed by atoms with Crippen LogP contribution >= 0.6 is 23.4 Å². The number of benzene rings is 2. The minimum absolute atomic E-state index is 0.00923. The van der Waals surface area contributed by atoms with Gasteiger partial charge in [-0.1, -0.05) is 35.5 Å². The van der Waals surface area contributed by atoms with Gasteiger partial charge in [0.15, 0.2) is 5.17 Å². The fourth-order valence-corrected chi connectivity index (χ4v) is 4.31. The zero-order valence-electron chi connectivity index (χ0n) is 16.0. The molecule has 0 aliphatic carbocycles. The number of anilines is 1. The van der Waals surface area contributed by atoms with Crippen LogP contribution < -0.4 is 5.32 Å². The molecule has 0 aromatic heterocycles. The molecule has 3 rings (SSSR count). The Hall–Kier alpha value is -2.59. The number of amidine groups is 1. The Morgan fingerprint density at radius 2 is 1.97 bits per heavy atom. The Bertz CT molecular complexity index is 1050. The molecule has 1 N–H and O–H groups in total. The van der Waals surface area contributed by atoms with Crippen LogP contribution in [-0.4, -0.2) is 33.7 Å². The van der Waals surface area contributed by atoms with Crippen molar-refractivity contribution in [1.29, 1.82) is 0 Å². The summed E-state index contributed by atoms with van der Waals surface area (Å²) in [6, 6.07) is 8.80. The number of thioether (sulfide) groups is 1. The number of alkyl halides is 3. The predicted molar refractivity (Wildman–Crippen MR) is 112 cm³/mol. The Morgan fingerprint density at radius 1 is 1.26 bits per heavy atom. The SMILES string of the molecule is CCN1C(=O)C(CC(=O)Nc2ccccc2F)SC1=Nc1ccc(Cl)c(C(F)(F)F)c1. The second-order valence-electron chi connectivity index (χ2n) is 6.48. The van der Waals surface area contributed by atoms with Crippen LogP contribution in [0.5, 0.6) is 0 Å². The molecule has 0 bridgehead atoms. The summed E-state index contributed by atoms with van der Waals surface area (Å²) in [5, 5.41) is 1.29. The van der Waals surface area contributed by atoms with E-state index in [2.05, 4.69) is 10.3 Å². The molecule has 2 amide bonds. The van der Waals surface area contributed by atoms with Crippen molar-refractivity contribution >= 4 is 51.7 Å². The number of amides is 2. The first kappa shape index (κ1) is 23.1. The monoisotopic (exact) mass is 473 g/mol. The second kappa shape index (κ2) is 9.27. The Morgan fingerprint density at radius 3 is 2.61 bits per heavy atom. The van der Waals surface area contributed by atoms with Crippen molar-refractivity contribution in [2.75, 3.05) is 11.9 Å². The number of halogens is 5. The molecule has 0 saturated carbocycles. The minimum Gasteiger partial charge on any atom is -0.324 e. The van der Waals surface area contributed by atoms with Gasteiger partial charge in [0.05, 0.1) is 22.0 Å². The molecule has 1 atom stereocenters. The lowest BCUT2D eigenvalue weighted by atomic mass is 10.2. The lowest BCUT2D eigenvalue weighted by Gasteiger charge is -2.14. The highest BCUT2D eigenvalue weighted by atomic mass is 35.5. The normalized spacial score (nSPS) is 18.0. The van der Waals surface area contributed by atoms with E-state index < -0.39 is 39.6 Å². The molecule has 164 valence electrons. The van der Waals surface area contributed by atoms with E-state index >= 15 is 0 Å². The Balaban J connectivity index is 1.78. The van der Waals surface area contributed by atoms with E-state index in [1.54, 1.807) is 13.0 Å². The highest BCUT2D eigenvalue weighted by molar-refractivity contribution is 8.15. The summed E-state index contributed by atoms with van der Waals surface area (Å²) in [7, 11) is 0. The third-order valence-electron chi connectivity index (χ3n) is 4.34. The lowest BCUT2D eigenvalue weighted by molar-refractivity contribution is -0.137. The minimum atomic E-state index is -4.65. The summed E-state index contributed by atoms with van der Waals surface area (Å²) in [4.78, 5) is 30.4. The fraction of sp³-hybridized carbons (Fsp3) is 0.250. The van der Waals surface area contributed by atoms with Crippen LogP contribution in [0.4, 0.5) is 28.9 Å². The van der Waals surface area contributed by atoms with Crippen molar-refractivity contribution in [1.82, 2.24) is 4.90 Å². The number of para-hydroxylation sites is 1. The molecule has 1 aliphatic rings. The van der Waals surface area contributed by atoms with Crippen molar-refractivity contribution in [3.05, 3.63) is 58.9 Å². The largest absolute Gasteiger partial charge is 0.417 e. The molecule has 1 unspecified atom stereocenters. The van der Waals surface area contributed by atoms with Gasteiger partial charge in [0.2, 0.25) is 11.8 Å². The highest BCUT2D eigenvalue weighted by Gasteiger charge is 2.39. The molecule has 2 aromatic rings. The van der Waals surface area contributed by atoms with E-state index in [1.165, 1.54) is 29.2 Å². The molecule has 2 aromatic carbocycles. The maximum Gasteiger partial charge on any atom is 0.417 e. The van der Waals surface area contributed by atoms with Gasteiger partial charge in [0.25, 0.3) is 0 Å². The van der Waals surface area contributed by atoms with Gasteiger partial charge in [-0.2, -0.15) is 13.2 Å². The highest BCUT2D eigenvalue weighted by Crippen LogP contribution is 2.38. The van der Waals surface area contributed by atoms with E-state index in [1.807, 2.05) is 0 Å². The van der Waals surface area contributed by atoms with Crippen molar-refractivity contribution in [2.45, 2.75) is 24.8 Å². The zero-order valence-corrected chi connectivity index (χ0v) is 17.6. The number of carbonyl (C=O) groups excluding carboxylic acids is 2. The number of hydrogen-bond donors (Lipinski definition) is 1. The molecular formula is C20H16ClF4N3O2S. The molecule has 31 heavy (non-hydrogen) atoms. The standard InChI is InChI=1S/C20H16ClF4N3O2S/c1-2-28-18(30)16(10-17(29)27-15-6-4-3-5-14(15)22)31-19(28)26-11-7-8-13(21)12(9-11)20(23,24)25/h3-9,16H,2,10H2,1H3,(H,27,29). The summed E-state index contributed by atoms with van der Waals surface area (Å²) in [5.41, 5.74) is -1.07. The van der Waals surface area contributed by atoms with Gasteiger partial charge in [-0.3, -0.25) is 14.5 Å².